The van der Waals surface area contributed by atoms with E-state index in [0.717, 1.165) is 0 Å². The predicted octanol–water partition coefficient (Wildman–Crippen LogP) is 5.60. The van der Waals surface area contributed by atoms with E-state index in [4.69, 9.17) is 0 Å². The Kier molecular flexibility index (Phi) is 3.84. The summed E-state index contributed by atoms with van der Waals surface area (Å²) in [5.41, 5.74) is 4.21. The Morgan fingerprint density at radius 3 is 1.33 bits per heavy atom. The zero-order valence-corrected chi connectivity index (χ0v) is 12.6. The summed E-state index contributed by atoms with van der Waals surface area (Å²) in [6.07, 6.45) is 7.87. The van der Waals surface area contributed by atoms with Gasteiger partial charge in [0.1, 0.15) is 0 Å². The molecule has 1 aromatic carbocycles. The van der Waals surface area contributed by atoms with Crippen molar-refractivity contribution >= 4 is 0 Å². The topological polar surface area (TPSA) is 0 Å². The lowest BCUT2D eigenvalue weighted by molar-refractivity contribution is 0.239. The minimum absolute atomic E-state index is 0.449. The van der Waals surface area contributed by atoms with Gasteiger partial charge in [-0.25, -0.2) is 0 Å². The van der Waals surface area contributed by atoms with Gasteiger partial charge in [0.2, 0.25) is 0 Å². The molecule has 1 aromatic rings. The Morgan fingerprint density at radius 1 is 0.722 bits per heavy atom. The fraction of sp³-hybridized carbons (Fsp3) is 0.667. The lowest BCUT2D eigenvalue weighted by atomic mass is 9.57. The van der Waals surface area contributed by atoms with Crippen LogP contribution in [0, 0.1) is 0 Å². The van der Waals surface area contributed by atoms with Crippen LogP contribution in [0.15, 0.2) is 24.3 Å². The zero-order valence-electron chi connectivity index (χ0n) is 12.6. The number of hydrogen-bond acceptors (Lipinski definition) is 0. The van der Waals surface area contributed by atoms with E-state index in [2.05, 4.69) is 52.0 Å². The number of rotatable bonds is 4. The Hall–Kier alpha value is -0.780. The first-order chi connectivity index (χ1) is 8.68. The summed E-state index contributed by atoms with van der Waals surface area (Å²) < 4.78 is 0. The number of hydrogen-bond donors (Lipinski definition) is 0. The number of fused-ring (bicyclic) bond motifs is 1. The summed E-state index contributed by atoms with van der Waals surface area (Å²) in [5, 5.41) is 0. The van der Waals surface area contributed by atoms with Crippen LogP contribution in [0.1, 0.15) is 77.3 Å². The average Bonchev–Trinajstić information content (AvgIpc) is 2.46. The fourth-order valence-corrected chi connectivity index (χ4v) is 4.12. The molecule has 100 valence electrons. The molecule has 1 aliphatic rings. The van der Waals surface area contributed by atoms with Crippen LogP contribution in [0.5, 0.6) is 0 Å². The quantitative estimate of drug-likeness (QED) is 0.647. The molecule has 0 saturated carbocycles. The highest BCUT2D eigenvalue weighted by molar-refractivity contribution is 5.42. The van der Waals surface area contributed by atoms with E-state index in [1.165, 1.54) is 38.5 Å². The van der Waals surface area contributed by atoms with Gasteiger partial charge >= 0.3 is 0 Å². The normalized spacial score (nSPS) is 20.4. The van der Waals surface area contributed by atoms with Gasteiger partial charge < -0.3 is 0 Å². The molecule has 2 rings (SSSR count). The van der Waals surface area contributed by atoms with Crippen LogP contribution in [-0.2, 0) is 10.8 Å². The van der Waals surface area contributed by atoms with Crippen molar-refractivity contribution in [2.24, 2.45) is 0 Å². The van der Waals surface area contributed by atoms with Crippen molar-refractivity contribution in [2.45, 2.75) is 77.0 Å². The summed E-state index contributed by atoms with van der Waals surface area (Å²) in [7, 11) is 0. The predicted molar refractivity (Wildman–Crippen MR) is 80.2 cm³/mol. The summed E-state index contributed by atoms with van der Waals surface area (Å²) in [6.45, 7) is 9.46. The SMILES string of the molecule is CCC1(CC)CCC(CC)(CC)c2ccccc21. The number of benzene rings is 1. The third-order valence-electron chi connectivity index (χ3n) is 5.86. The van der Waals surface area contributed by atoms with E-state index in [0.29, 0.717) is 10.8 Å². The molecule has 0 heteroatoms. The van der Waals surface area contributed by atoms with Crippen molar-refractivity contribution in [3.05, 3.63) is 35.4 Å². The Morgan fingerprint density at radius 2 is 1.06 bits per heavy atom. The Bertz CT molecular complexity index is 355. The maximum absolute atomic E-state index is 2.40. The van der Waals surface area contributed by atoms with E-state index in [-0.39, 0.29) is 0 Å². The Balaban J connectivity index is 2.60. The summed E-state index contributed by atoms with van der Waals surface area (Å²) in [4.78, 5) is 0. The van der Waals surface area contributed by atoms with Gasteiger partial charge in [-0.05, 0) is 60.5 Å². The fourth-order valence-electron chi connectivity index (χ4n) is 4.12. The van der Waals surface area contributed by atoms with Crippen LogP contribution in [0.25, 0.3) is 0 Å². The smallest absolute Gasteiger partial charge is 0.00489 e. The molecule has 0 radical (unpaired) electrons. The molecule has 0 atom stereocenters. The van der Waals surface area contributed by atoms with Gasteiger partial charge in [0.15, 0.2) is 0 Å². The first kappa shape index (κ1) is 13.6. The van der Waals surface area contributed by atoms with Gasteiger partial charge in [0, 0.05) is 0 Å². The molecule has 0 spiro atoms. The van der Waals surface area contributed by atoms with Crippen molar-refractivity contribution in [1.82, 2.24) is 0 Å². The van der Waals surface area contributed by atoms with E-state index >= 15 is 0 Å². The Labute approximate surface area is 113 Å². The molecular weight excluding hydrogens is 216 g/mol. The molecule has 1 aliphatic carbocycles. The van der Waals surface area contributed by atoms with Crippen LogP contribution in [0.2, 0.25) is 0 Å². The van der Waals surface area contributed by atoms with Gasteiger partial charge in [-0.2, -0.15) is 0 Å². The van der Waals surface area contributed by atoms with Crippen LogP contribution in [0.4, 0.5) is 0 Å². The van der Waals surface area contributed by atoms with Gasteiger partial charge in [-0.1, -0.05) is 52.0 Å². The van der Waals surface area contributed by atoms with E-state index in [1.54, 1.807) is 11.1 Å². The highest BCUT2D eigenvalue weighted by Crippen LogP contribution is 2.51. The highest BCUT2D eigenvalue weighted by Gasteiger charge is 2.42. The molecule has 0 saturated heterocycles. The minimum atomic E-state index is 0.449. The standard InChI is InChI=1S/C18H28/c1-5-17(6-2)13-14-18(7-3,8-4)16-12-10-9-11-15(16)17/h9-12H,5-8,13-14H2,1-4H3. The van der Waals surface area contributed by atoms with Crippen LogP contribution >= 0.6 is 0 Å². The second-order valence-electron chi connectivity index (χ2n) is 6.02. The molecule has 0 bridgehead atoms. The van der Waals surface area contributed by atoms with Crippen molar-refractivity contribution in [3.8, 4) is 0 Å². The molecular formula is C18H28. The van der Waals surface area contributed by atoms with Crippen molar-refractivity contribution in [3.63, 3.8) is 0 Å². The first-order valence-electron chi connectivity index (χ1n) is 7.78. The molecule has 0 fully saturated rings. The van der Waals surface area contributed by atoms with Crippen molar-refractivity contribution in [1.29, 1.82) is 0 Å². The third-order valence-corrected chi connectivity index (χ3v) is 5.86. The lowest BCUT2D eigenvalue weighted by Gasteiger charge is -2.47. The minimum Gasteiger partial charge on any atom is -0.0645 e. The third kappa shape index (κ3) is 1.81. The highest BCUT2D eigenvalue weighted by atomic mass is 14.5. The second kappa shape index (κ2) is 5.07. The van der Waals surface area contributed by atoms with Crippen LogP contribution < -0.4 is 0 Å². The second-order valence-corrected chi connectivity index (χ2v) is 6.02. The van der Waals surface area contributed by atoms with Gasteiger partial charge in [0.25, 0.3) is 0 Å². The molecule has 0 amide bonds. The monoisotopic (exact) mass is 244 g/mol. The molecule has 0 aromatic heterocycles. The lowest BCUT2D eigenvalue weighted by Crippen LogP contribution is -2.39. The van der Waals surface area contributed by atoms with Gasteiger partial charge in [-0.15, -0.1) is 0 Å². The van der Waals surface area contributed by atoms with E-state index in [1.807, 2.05) is 0 Å². The maximum atomic E-state index is 2.40. The molecule has 18 heavy (non-hydrogen) atoms. The first-order valence-corrected chi connectivity index (χ1v) is 7.78. The summed E-state index contributed by atoms with van der Waals surface area (Å²) >= 11 is 0. The van der Waals surface area contributed by atoms with Crippen LogP contribution in [-0.4, -0.2) is 0 Å². The van der Waals surface area contributed by atoms with E-state index in [9.17, 15) is 0 Å². The van der Waals surface area contributed by atoms with E-state index < -0.39 is 0 Å². The molecule has 0 heterocycles. The molecule has 0 aliphatic heterocycles. The summed E-state index contributed by atoms with van der Waals surface area (Å²) in [6, 6.07) is 9.28. The van der Waals surface area contributed by atoms with Gasteiger partial charge in [-0.3, -0.25) is 0 Å². The molecule has 0 unspecified atom stereocenters. The largest absolute Gasteiger partial charge is 0.0645 e. The molecule has 0 nitrogen and oxygen atoms in total. The van der Waals surface area contributed by atoms with Gasteiger partial charge in [0.05, 0.1) is 0 Å². The zero-order chi connectivity index (χ0) is 13.2. The van der Waals surface area contributed by atoms with Crippen molar-refractivity contribution in [2.75, 3.05) is 0 Å². The van der Waals surface area contributed by atoms with Crippen molar-refractivity contribution < 1.29 is 0 Å². The van der Waals surface area contributed by atoms with Crippen LogP contribution in [0.3, 0.4) is 0 Å². The maximum Gasteiger partial charge on any atom is -0.00489 e. The molecule has 0 N–H and O–H groups in total. The summed E-state index contributed by atoms with van der Waals surface area (Å²) in [5.74, 6) is 0. The average molecular weight is 244 g/mol.